The number of aromatic hydroxyl groups is 1. The van der Waals surface area contributed by atoms with E-state index in [1.54, 1.807) is 0 Å². The van der Waals surface area contributed by atoms with Crippen LogP contribution in [0, 0.1) is 11.8 Å². The molecular formula is C17H19NO6. The van der Waals surface area contributed by atoms with Gasteiger partial charge in [-0.05, 0) is 32.3 Å². The molecule has 2 rings (SSSR count). The number of phenols is 1. The van der Waals surface area contributed by atoms with E-state index in [1.807, 2.05) is 19.9 Å². The second-order valence-corrected chi connectivity index (χ2v) is 5.65. The summed E-state index contributed by atoms with van der Waals surface area (Å²) in [7, 11) is 1.50. The summed E-state index contributed by atoms with van der Waals surface area (Å²) in [5, 5.41) is 12.8. The minimum absolute atomic E-state index is 0.0461. The molecule has 1 N–H and O–H groups in total. The Labute approximate surface area is 139 Å². The van der Waals surface area contributed by atoms with Crippen LogP contribution in [-0.4, -0.2) is 24.1 Å². The number of carbonyl (C=O) groups is 2. The molecule has 0 unspecified atom stereocenters. The summed E-state index contributed by atoms with van der Waals surface area (Å²) in [4.78, 5) is 32.8. The van der Waals surface area contributed by atoms with Crippen LogP contribution in [0.2, 0.25) is 0 Å². The van der Waals surface area contributed by atoms with Crippen LogP contribution >= 0.6 is 0 Å². The van der Waals surface area contributed by atoms with E-state index in [0.29, 0.717) is 29.7 Å². The fourth-order valence-corrected chi connectivity index (χ4v) is 2.76. The first-order chi connectivity index (χ1) is 11.4. The first-order valence-corrected chi connectivity index (χ1v) is 7.50. The molecular weight excluding hydrogens is 314 g/mol. The molecule has 1 amide bonds. The Morgan fingerprint density at radius 2 is 2.12 bits per heavy atom. The summed E-state index contributed by atoms with van der Waals surface area (Å²) < 4.78 is 10.4. The van der Waals surface area contributed by atoms with Gasteiger partial charge in [-0.25, -0.2) is 4.79 Å². The van der Waals surface area contributed by atoms with Crippen molar-refractivity contribution in [3.8, 4) is 11.5 Å². The fourth-order valence-electron chi connectivity index (χ4n) is 2.76. The Balaban J connectivity index is 2.32. The normalized spacial score (nSPS) is 13.5. The van der Waals surface area contributed by atoms with Gasteiger partial charge in [-0.1, -0.05) is 11.6 Å². The van der Waals surface area contributed by atoms with Crippen LogP contribution in [0.1, 0.15) is 46.8 Å². The number of methoxy groups -OCH3 is 1. The Hall–Kier alpha value is -2.70. The van der Waals surface area contributed by atoms with Crippen LogP contribution in [0.25, 0.3) is 0 Å². The van der Waals surface area contributed by atoms with Crippen molar-refractivity contribution in [2.24, 2.45) is 5.18 Å². The number of amides is 1. The van der Waals surface area contributed by atoms with Crippen molar-refractivity contribution in [2.45, 2.75) is 39.7 Å². The molecule has 24 heavy (non-hydrogen) atoms. The number of nitroso groups, excluding NO2 is 1. The number of nitrogens with zero attached hydrogens (tertiary/aromatic N) is 1. The van der Waals surface area contributed by atoms with Gasteiger partial charge >= 0.3 is 5.97 Å². The monoisotopic (exact) mass is 333 g/mol. The first-order valence-electron chi connectivity index (χ1n) is 7.50. The molecule has 1 aromatic carbocycles. The molecule has 0 aromatic heterocycles. The highest BCUT2D eigenvalue weighted by molar-refractivity contribution is 5.98. The van der Waals surface area contributed by atoms with E-state index < -0.39 is 11.9 Å². The molecule has 0 aliphatic carbocycles. The van der Waals surface area contributed by atoms with Gasteiger partial charge in [0.1, 0.15) is 23.7 Å². The first kappa shape index (κ1) is 17.7. The third kappa shape index (κ3) is 3.29. The van der Waals surface area contributed by atoms with Gasteiger partial charge in [-0.3, -0.25) is 4.79 Å². The molecule has 0 saturated carbocycles. The lowest BCUT2D eigenvalue weighted by molar-refractivity contribution is -0.117. The minimum Gasteiger partial charge on any atom is -0.507 e. The molecule has 1 aliphatic heterocycles. The van der Waals surface area contributed by atoms with Gasteiger partial charge in [0.05, 0.1) is 7.11 Å². The second kappa shape index (κ2) is 7.25. The molecule has 128 valence electrons. The third-order valence-corrected chi connectivity index (χ3v) is 4.14. The Bertz CT molecular complexity index is 735. The molecule has 0 spiro atoms. The smallest absolute Gasteiger partial charge is 0.342 e. The standard InChI is InChI=1S/C17H19NO6/c1-9(5-7-13(19)18-22)4-6-11-15(20)14-12(8-24-17(14)21)10(2)16(11)23-3/h4,20H,5-8H2,1-3H3/b9-4+. The van der Waals surface area contributed by atoms with Gasteiger partial charge in [-0.15, -0.1) is 4.91 Å². The number of benzene rings is 1. The molecule has 7 heteroatoms. The summed E-state index contributed by atoms with van der Waals surface area (Å²) in [6.45, 7) is 3.75. The fraction of sp³-hybridized carbons (Fsp3) is 0.412. The molecule has 0 radical (unpaired) electrons. The zero-order valence-corrected chi connectivity index (χ0v) is 13.8. The van der Waals surface area contributed by atoms with Crippen molar-refractivity contribution in [2.75, 3.05) is 7.11 Å². The topological polar surface area (TPSA) is 102 Å². The van der Waals surface area contributed by atoms with Crippen molar-refractivity contribution in [1.29, 1.82) is 0 Å². The van der Waals surface area contributed by atoms with Gasteiger partial charge in [0.15, 0.2) is 0 Å². The van der Waals surface area contributed by atoms with Gasteiger partial charge in [0, 0.05) is 22.7 Å². The number of fused-ring (bicyclic) bond motifs is 1. The molecule has 1 heterocycles. The Morgan fingerprint density at radius 1 is 1.42 bits per heavy atom. The van der Waals surface area contributed by atoms with E-state index in [1.165, 1.54) is 7.11 Å². The van der Waals surface area contributed by atoms with E-state index in [2.05, 4.69) is 5.18 Å². The lowest BCUT2D eigenvalue weighted by Crippen LogP contribution is -2.03. The third-order valence-electron chi connectivity index (χ3n) is 4.14. The molecule has 1 aromatic rings. The van der Waals surface area contributed by atoms with Crippen LogP contribution in [-0.2, 0) is 22.6 Å². The molecule has 0 bridgehead atoms. The maximum atomic E-state index is 11.8. The summed E-state index contributed by atoms with van der Waals surface area (Å²) in [6, 6.07) is 0. The van der Waals surface area contributed by atoms with E-state index >= 15 is 0 Å². The number of rotatable bonds is 6. The summed E-state index contributed by atoms with van der Waals surface area (Å²) in [5.74, 6) is -0.860. The van der Waals surface area contributed by atoms with Crippen LogP contribution in [0.5, 0.6) is 11.5 Å². The number of carbonyl (C=O) groups excluding carboxylic acids is 2. The van der Waals surface area contributed by atoms with Crippen LogP contribution in [0.3, 0.4) is 0 Å². The summed E-state index contributed by atoms with van der Waals surface area (Å²) >= 11 is 0. The lowest BCUT2D eigenvalue weighted by Gasteiger charge is -2.15. The summed E-state index contributed by atoms with van der Waals surface area (Å²) in [6.07, 6.45) is 2.59. The number of hydrogen-bond acceptors (Lipinski definition) is 6. The number of esters is 1. The average Bonchev–Trinajstić information content (AvgIpc) is 2.96. The van der Waals surface area contributed by atoms with E-state index in [-0.39, 0.29) is 24.3 Å². The van der Waals surface area contributed by atoms with Crippen LogP contribution in [0.15, 0.2) is 16.8 Å². The number of allylic oxidation sites excluding steroid dienone is 2. The molecule has 0 atom stereocenters. The van der Waals surface area contributed by atoms with Gasteiger partial charge in [0.25, 0.3) is 5.91 Å². The lowest BCUT2D eigenvalue weighted by atomic mass is 9.94. The van der Waals surface area contributed by atoms with Crippen LogP contribution < -0.4 is 4.74 Å². The van der Waals surface area contributed by atoms with Crippen molar-refractivity contribution in [3.05, 3.63) is 38.8 Å². The molecule has 0 saturated heterocycles. The number of phenolic OH excluding ortho intramolecular Hbond substituents is 1. The zero-order valence-electron chi connectivity index (χ0n) is 13.8. The van der Waals surface area contributed by atoms with Crippen molar-refractivity contribution in [3.63, 3.8) is 0 Å². The highest BCUT2D eigenvalue weighted by Gasteiger charge is 2.31. The van der Waals surface area contributed by atoms with E-state index in [9.17, 15) is 19.6 Å². The predicted octanol–water partition coefficient (Wildman–Crippen LogP) is 2.94. The van der Waals surface area contributed by atoms with E-state index in [4.69, 9.17) is 9.47 Å². The number of cyclic esters (lactones) is 1. The highest BCUT2D eigenvalue weighted by atomic mass is 16.5. The maximum absolute atomic E-state index is 11.8. The quantitative estimate of drug-likeness (QED) is 0.488. The van der Waals surface area contributed by atoms with Crippen molar-refractivity contribution >= 4 is 11.9 Å². The second-order valence-electron chi connectivity index (χ2n) is 5.65. The Kier molecular flexibility index (Phi) is 5.33. The number of ether oxygens (including phenoxy) is 2. The van der Waals surface area contributed by atoms with Crippen LogP contribution in [0.4, 0.5) is 0 Å². The van der Waals surface area contributed by atoms with Gasteiger partial charge < -0.3 is 14.6 Å². The largest absolute Gasteiger partial charge is 0.507 e. The average molecular weight is 333 g/mol. The van der Waals surface area contributed by atoms with E-state index in [0.717, 1.165) is 11.1 Å². The SMILES string of the molecule is COc1c(C)c2c(c(O)c1C/C=C(\C)CCC(=O)N=O)C(=O)OC2. The maximum Gasteiger partial charge on any atom is 0.342 e. The Morgan fingerprint density at radius 3 is 2.75 bits per heavy atom. The minimum atomic E-state index is -0.695. The summed E-state index contributed by atoms with van der Waals surface area (Å²) in [5.41, 5.74) is 2.95. The zero-order chi connectivity index (χ0) is 17.9. The molecule has 0 fully saturated rings. The highest BCUT2D eigenvalue weighted by Crippen LogP contribution is 2.42. The molecule has 1 aliphatic rings. The van der Waals surface area contributed by atoms with Crippen molar-refractivity contribution in [1.82, 2.24) is 0 Å². The number of hydrogen-bond donors (Lipinski definition) is 1. The predicted molar refractivity (Wildman–Crippen MR) is 86.0 cm³/mol. The molecule has 7 nitrogen and oxygen atoms in total. The van der Waals surface area contributed by atoms with Gasteiger partial charge in [0.2, 0.25) is 0 Å². The van der Waals surface area contributed by atoms with Gasteiger partial charge in [-0.2, -0.15) is 0 Å². The van der Waals surface area contributed by atoms with Crippen molar-refractivity contribution < 1.29 is 24.2 Å².